The molecule has 1 aromatic heterocycles. The molecule has 0 aliphatic rings. The number of nitrogens with zero attached hydrogens (tertiary/aromatic N) is 1. The van der Waals surface area contributed by atoms with Crippen molar-refractivity contribution < 1.29 is 9.15 Å². The molecule has 0 spiro atoms. The third-order valence-corrected chi connectivity index (χ3v) is 3.11. The molecule has 0 saturated carbocycles. The SMILES string of the molecule is COc1cccc(C=Cc2nc3cc(Cl)ccc3o2)c1. The van der Waals surface area contributed by atoms with Crippen molar-refractivity contribution >= 4 is 34.9 Å². The molecule has 0 saturated heterocycles. The highest BCUT2D eigenvalue weighted by Gasteiger charge is 2.03. The Bertz CT molecular complexity index is 777. The number of methoxy groups -OCH3 is 1. The van der Waals surface area contributed by atoms with Crippen molar-refractivity contribution in [1.29, 1.82) is 0 Å². The van der Waals surface area contributed by atoms with Gasteiger partial charge in [-0.2, -0.15) is 0 Å². The van der Waals surface area contributed by atoms with E-state index in [1.807, 2.05) is 42.5 Å². The number of halogens is 1. The predicted octanol–water partition coefficient (Wildman–Crippen LogP) is 4.66. The van der Waals surface area contributed by atoms with Crippen molar-refractivity contribution in [3.8, 4) is 5.75 Å². The summed E-state index contributed by atoms with van der Waals surface area (Å²) in [4.78, 5) is 4.36. The Hall–Kier alpha value is -2.26. The molecular formula is C16H12ClNO2. The first-order valence-electron chi connectivity index (χ1n) is 6.13. The number of hydrogen-bond acceptors (Lipinski definition) is 3. The number of rotatable bonds is 3. The van der Waals surface area contributed by atoms with E-state index in [-0.39, 0.29) is 0 Å². The van der Waals surface area contributed by atoms with Gasteiger partial charge in [-0.15, -0.1) is 0 Å². The van der Waals surface area contributed by atoms with E-state index in [1.54, 1.807) is 19.2 Å². The largest absolute Gasteiger partial charge is 0.497 e. The zero-order valence-corrected chi connectivity index (χ0v) is 11.6. The second kappa shape index (κ2) is 5.39. The van der Waals surface area contributed by atoms with Gasteiger partial charge in [-0.1, -0.05) is 23.7 Å². The molecule has 1 heterocycles. The fourth-order valence-electron chi connectivity index (χ4n) is 1.90. The third kappa shape index (κ3) is 2.68. The molecule has 0 atom stereocenters. The van der Waals surface area contributed by atoms with Gasteiger partial charge in [0.2, 0.25) is 5.89 Å². The zero-order valence-electron chi connectivity index (χ0n) is 10.8. The van der Waals surface area contributed by atoms with Crippen LogP contribution in [0.15, 0.2) is 46.9 Å². The van der Waals surface area contributed by atoms with Gasteiger partial charge in [0.1, 0.15) is 11.3 Å². The second-order valence-corrected chi connectivity index (χ2v) is 4.71. The fraction of sp³-hybridized carbons (Fsp3) is 0.0625. The number of aromatic nitrogens is 1. The Morgan fingerprint density at radius 2 is 2.05 bits per heavy atom. The number of fused-ring (bicyclic) bond motifs is 1. The maximum absolute atomic E-state index is 5.92. The summed E-state index contributed by atoms with van der Waals surface area (Å²) in [5.74, 6) is 1.36. The van der Waals surface area contributed by atoms with Crippen molar-refractivity contribution in [3.05, 3.63) is 58.9 Å². The number of hydrogen-bond donors (Lipinski definition) is 0. The van der Waals surface area contributed by atoms with Crippen LogP contribution in [0, 0.1) is 0 Å². The van der Waals surface area contributed by atoms with Crippen LogP contribution in [0.2, 0.25) is 5.02 Å². The van der Waals surface area contributed by atoms with E-state index in [4.69, 9.17) is 20.8 Å². The lowest BCUT2D eigenvalue weighted by Gasteiger charge is -1.99. The molecule has 0 amide bonds. The summed E-state index contributed by atoms with van der Waals surface area (Å²) in [7, 11) is 1.65. The predicted molar refractivity (Wildman–Crippen MR) is 80.9 cm³/mol. The Morgan fingerprint density at radius 1 is 1.15 bits per heavy atom. The average molecular weight is 286 g/mol. The average Bonchev–Trinajstić information content (AvgIpc) is 2.87. The van der Waals surface area contributed by atoms with Gasteiger partial charge >= 0.3 is 0 Å². The summed E-state index contributed by atoms with van der Waals surface area (Å²) in [6.07, 6.45) is 3.75. The highest BCUT2D eigenvalue weighted by molar-refractivity contribution is 6.31. The molecular weight excluding hydrogens is 274 g/mol. The molecule has 100 valence electrons. The van der Waals surface area contributed by atoms with Crippen LogP contribution in [0.4, 0.5) is 0 Å². The molecule has 0 unspecified atom stereocenters. The Morgan fingerprint density at radius 3 is 2.90 bits per heavy atom. The topological polar surface area (TPSA) is 35.3 Å². The lowest BCUT2D eigenvalue weighted by molar-refractivity contribution is 0.414. The normalized spacial score (nSPS) is 11.3. The Labute approximate surface area is 121 Å². The molecule has 3 rings (SSSR count). The quantitative estimate of drug-likeness (QED) is 0.702. The highest BCUT2D eigenvalue weighted by atomic mass is 35.5. The molecule has 0 radical (unpaired) electrons. The molecule has 2 aromatic carbocycles. The van der Waals surface area contributed by atoms with E-state index >= 15 is 0 Å². The van der Waals surface area contributed by atoms with Gasteiger partial charge in [0.05, 0.1) is 7.11 Å². The number of ether oxygens (including phenoxy) is 1. The third-order valence-electron chi connectivity index (χ3n) is 2.88. The Balaban J connectivity index is 1.89. The molecule has 3 nitrogen and oxygen atoms in total. The van der Waals surface area contributed by atoms with Gasteiger partial charge in [-0.05, 0) is 42.0 Å². The first kappa shape index (κ1) is 12.8. The summed E-state index contributed by atoms with van der Waals surface area (Å²) in [5, 5.41) is 0.647. The van der Waals surface area contributed by atoms with Gasteiger partial charge in [-0.25, -0.2) is 4.98 Å². The lowest BCUT2D eigenvalue weighted by Crippen LogP contribution is -1.82. The molecule has 0 bridgehead atoms. The smallest absolute Gasteiger partial charge is 0.220 e. The van der Waals surface area contributed by atoms with E-state index in [2.05, 4.69) is 4.98 Å². The first-order valence-corrected chi connectivity index (χ1v) is 6.50. The fourth-order valence-corrected chi connectivity index (χ4v) is 2.07. The van der Waals surface area contributed by atoms with Crippen molar-refractivity contribution in [3.63, 3.8) is 0 Å². The van der Waals surface area contributed by atoms with Crippen LogP contribution in [0.3, 0.4) is 0 Å². The molecule has 0 N–H and O–H groups in total. The number of oxazole rings is 1. The summed E-state index contributed by atoms with van der Waals surface area (Å²) in [5.41, 5.74) is 2.49. The number of benzene rings is 2. The van der Waals surface area contributed by atoms with Gasteiger partial charge in [0, 0.05) is 11.1 Å². The minimum absolute atomic E-state index is 0.546. The van der Waals surface area contributed by atoms with Crippen molar-refractivity contribution in [2.75, 3.05) is 7.11 Å². The minimum atomic E-state index is 0.546. The standard InChI is InChI=1S/C16H12ClNO2/c1-19-13-4-2-3-11(9-13)5-8-16-18-14-10-12(17)6-7-15(14)20-16/h2-10H,1H3. The molecule has 4 heteroatoms. The van der Waals surface area contributed by atoms with Gasteiger partial charge in [0.25, 0.3) is 0 Å². The van der Waals surface area contributed by atoms with Crippen LogP contribution in [-0.4, -0.2) is 12.1 Å². The maximum atomic E-state index is 5.92. The lowest BCUT2D eigenvalue weighted by atomic mass is 10.2. The molecule has 20 heavy (non-hydrogen) atoms. The van der Waals surface area contributed by atoms with E-state index in [1.165, 1.54) is 0 Å². The first-order chi connectivity index (χ1) is 9.74. The summed E-state index contributed by atoms with van der Waals surface area (Å²) in [6.45, 7) is 0. The van der Waals surface area contributed by atoms with Crippen molar-refractivity contribution in [2.45, 2.75) is 0 Å². The van der Waals surface area contributed by atoms with Gasteiger partial charge in [0.15, 0.2) is 5.58 Å². The van der Waals surface area contributed by atoms with E-state index in [9.17, 15) is 0 Å². The molecule has 0 fully saturated rings. The second-order valence-electron chi connectivity index (χ2n) is 4.27. The van der Waals surface area contributed by atoms with Crippen LogP contribution >= 0.6 is 11.6 Å². The van der Waals surface area contributed by atoms with Crippen LogP contribution in [0.5, 0.6) is 5.75 Å². The van der Waals surface area contributed by atoms with Gasteiger partial charge < -0.3 is 9.15 Å². The molecule has 3 aromatic rings. The van der Waals surface area contributed by atoms with Crippen LogP contribution in [0.1, 0.15) is 11.5 Å². The Kier molecular flexibility index (Phi) is 3.44. The monoisotopic (exact) mass is 285 g/mol. The molecule has 0 aliphatic carbocycles. The van der Waals surface area contributed by atoms with Gasteiger partial charge in [-0.3, -0.25) is 0 Å². The highest BCUT2D eigenvalue weighted by Crippen LogP contribution is 2.21. The van der Waals surface area contributed by atoms with E-state index in [0.29, 0.717) is 10.9 Å². The van der Waals surface area contributed by atoms with Crippen LogP contribution in [-0.2, 0) is 0 Å². The van der Waals surface area contributed by atoms with Crippen LogP contribution < -0.4 is 4.74 Å². The summed E-state index contributed by atoms with van der Waals surface area (Å²) in [6, 6.07) is 13.1. The maximum Gasteiger partial charge on any atom is 0.220 e. The van der Waals surface area contributed by atoms with E-state index < -0.39 is 0 Å². The summed E-state index contributed by atoms with van der Waals surface area (Å²) >= 11 is 5.92. The minimum Gasteiger partial charge on any atom is -0.497 e. The zero-order chi connectivity index (χ0) is 13.9. The van der Waals surface area contributed by atoms with Crippen LogP contribution in [0.25, 0.3) is 23.3 Å². The van der Waals surface area contributed by atoms with Crippen molar-refractivity contribution in [1.82, 2.24) is 4.98 Å². The van der Waals surface area contributed by atoms with E-state index in [0.717, 1.165) is 22.4 Å². The molecule has 0 aliphatic heterocycles. The summed E-state index contributed by atoms with van der Waals surface area (Å²) < 4.78 is 10.8. The van der Waals surface area contributed by atoms with Crippen molar-refractivity contribution in [2.24, 2.45) is 0 Å².